The number of amides is 2. The Morgan fingerprint density at radius 1 is 0.975 bits per heavy atom. The van der Waals surface area contributed by atoms with Gasteiger partial charge in [-0.3, -0.25) is 14.3 Å². The lowest BCUT2D eigenvalue weighted by atomic mass is 10.0. The number of nitrogens with zero attached hydrogens (tertiary/aromatic N) is 6. The van der Waals surface area contributed by atoms with Gasteiger partial charge in [0.25, 0.3) is 0 Å². The van der Waals surface area contributed by atoms with Gasteiger partial charge in [-0.25, -0.2) is 9.97 Å². The molecule has 1 atom stereocenters. The van der Waals surface area contributed by atoms with Crippen LogP contribution < -0.4 is 0 Å². The van der Waals surface area contributed by atoms with Crippen molar-refractivity contribution in [3.8, 4) is 11.1 Å². The maximum atomic E-state index is 13.8. The van der Waals surface area contributed by atoms with E-state index in [-0.39, 0.29) is 18.4 Å². The SMILES string of the molecule is COCCN(C)C(=O)[C@H](Cc1ccccc1)N(Cc1ccc(-c2cncnc2)cc1)C(=O)/C=C/c1ccn(C)n1. The van der Waals surface area contributed by atoms with E-state index in [1.165, 1.54) is 12.4 Å². The fraction of sp³-hybridized carbons (Fsp3) is 0.258. The summed E-state index contributed by atoms with van der Waals surface area (Å²) in [6.45, 7) is 1.07. The van der Waals surface area contributed by atoms with E-state index in [0.29, 0.717) is 25.3 Å². The number of methoxy groups -OCH3 is 1. The summed E-state index contributed by atoms with van der Waals surface area (Å²) < 4.78 is 6.87. The molecule has 0 aliphatic carbocycles. The summed E-state index contributed by atoms with van der Waals surface area (Å²) in [4.78, 5) is 39.1. The Morgan fingerprint density at radius 3 is 2.35 bits per heavy atom. The summed E-state index contributed by atoms with van der Waals surface area (Å²) in [5.74, 6) is -0.431. The smallest absolute Gasteiger partial charge is 0.247 e. The molecule has 0 fully saturated rings. The van der Waals surface area contributed by atoms with E-state index in [1.54, 1.807) is 47.1 Å². The highest BCUT2D eigenvalue weighted by molar-refractivity contribution is 5.95. The predicted molar refractivity (Wildman–Crippen MR) is 154 cm³/mol. The van der Waals surface area contributed by atoms with Gasteiger partial charge >= 0.3 is 0 Å². The molecule has 0 bridgehead atoms. The lowest BCUT2D eigenvalue weighted by molar-refractivity contribution is -0.143. The average Bonchev–Trinajstić information content (AvgIpc) is 3.42. The van der Waals surface area contributed by atoms with E-state index in [2.05, 4.69) is 15.1 Å². The second-order valence-corrected chi connectivity index (χ2v) is 9.50. The third-order valence-electron chi connectivity index (χ3n) is 6.55. The Labute approximate surface area is 234 Å². The second-order valence-electron chi connectivity index (χ2n) is 9.50. The van der Waals surface area contributed by atoms with Gasteiger partial charge < -0.3 is 14.5 Å². The van der Waals surface area contributed by atoms with Gasteiger partial charge in [0.1, 0.15) is 12.4 Å². The fourth-order valence-electron chi connectivity index (χ4n) is 4.32. The second kappa shape index (κ2) is 14.0. The Kier molecular flexibility index (Phi) is 9.90. The first-order chi connectivity index (χ1) is 19.4. The fourth-order valence-corrected chi connectivity index (χ4v) is 4.32. The van der Waals surface area contributed by atoms with Gasteiger partial charge in [-0.2, -0.15) is 5.10 Å². The number of benzene rings is 2. The minimum absolute atomic E-state index is 0.154. The van der Waals surface area contributed by atoms with Crippen molar-refractivity contribution in [1.82, 2.24) is 29.5 Å². The van der Waals surface area contributed by atoms with E-state index in [0.717, 1.165) is 22.3 Å². The first kappa shape index (κ1) is 28.4. The van der Waals surface area contributed by atoms with E-state index in [4.69, 9.17) is 4.74 Å². The molecule has 2 aromatic carbocycles. The number of rotatable bonds is 12. The summed E-state index contributed by atoms with van der Waals surface area (Å²) in [5, 5.41) is 4.33. The van der Waals surface area contributed by atoms with Crippen molar-refractivity contribution in [2.24, 2.45) is 7.05 Å². The van der Waals surface area contributed by atoms with Crippen molar-refractivity contribution in [2.75, 3.05) is 27.3 Å². The van der Waals surface area contributed by atoms with Crippen LogP contribution in [0.4, 0.5) is 0 Å². The van der Waals surface area contributed by atoms with Gasteiger partial charge in [-0.1, -0.05) is 54.6 Å². The van der Waals surface area contributed by atoms with Gasteiger partial charge in [0.15, 0.2) is 0 Å². The Bertz CT molecular complexity index is 1400. The van der Waals surface area contributed by atoms with Gasteiger partial charge in [-0.05, 0) is 28.8 Å². The molecule has 40 heavy (non-hydrogen) atoms. The van der Waals surface area contributed by atoms with Crippen LogP contribution in [0.25, 0.3) is 17.2 Å². The zero-order chi connectivity index (χ0) is 28.3. The van der Waals surface area contributed by atoms with E-state index in [1.807, 2.05) is 73.9 Å². The Balaban J connectivity index is 1.67. The quantitative estimate of drug-likeness (QED) is 0.256. The minimum Gasteiger partial charge on any atom is -0.383 e. The zero-order valence-electron chi connectivity index (χ0n) is 23.1. The molecule has 206 valence electrons. The van der Waals surface area contributed by atoms with Gasteiger partial charge in [-0.15, -0.1) is 0 Å². The third kappa shape index (κ3) is 7.70. The highest BCUT2D eigenvalue weighted by Gasteiger charge is 2.31. The van der Waals surface area contributed by atoms with Crippen LogP contribution >= 0.6 is 0 Å². The van der Waals surface area contributed by atoms with E-state index >= 15 is 0 Å². The molecule has 0 aliphatic heterocycles. The van der Waals surface area contributed by atoms with Crippen molar-refractivity contribution in [2.45, 2.75) is 19.0 Å². The average molecular weight is 539 g/mol. The van der Waals surface area contributed by atoms with Gasteiger partial charge in [0.05, 0.1) is 12.3 Å². The summed E-state index contributed by atoms with van der Waals surface area (Å²) in [6, 6.07) is 18.7. The van der Waals surface area contributed by atoms with Gasteiger partial charge in [0, 0.05) is 70.9 Å². The standard InChI is InChI=1S/C31H34N6O3/c1-35(17-18-40-3)31(39)29(19-24-7-5-4-6-8-24)37(30(38)14-13-28-15-16-36(2)34-28)22-25-9-11-26(12-10-25)27-20-32-23-33-21-27/h4-16,20-21,23,29H,17-19,22H2,1-3H3/b14-13+/t29-/m0/s1. The van der Waals surface area contributed by atoms with Crippen LogP contribution in [0.15, 0.2) is 91.7 Å². The van der Waals surface area contributed by atoms with Crippen LogP contribution in [0, 0.1) is 0 Å². The van der Waals surface area contributed by atoms with Crippen LogP contribution in [0.5, 0.6) is 0 Å². The van der Waals surface area contributed by atoms with Crippen molar-refractivity contribution >= 4 is 17.9 Å². The molecule has 0 unspecified atom stereocenters. The topological polar surface area (TPSA) is 93.5 Å². The van der Waals surface area contributed by atoms with Crippen LogP contribution in [-0.2, 0) is 34.3 Å². The number of hydrogen-bond donors (Lipinski definition) is 0. The van der Waals surface area contributed by atoms with Crippen LogP contribution in [0.2, 0.25) is 0 Å². The maximum absolute atomic E-state index is 13.8. The first-order valence-corrected chi connectivity index (χ1v) is 13.0. The Morgan fingerprint density at radius 2 is 1.70 bits per heavy atom. The maximum Gasteiger partial charge on any atom is 0.247 e. The van der Waals surface area contributed by atoms with Crippen LogP contribution in [0.1, 0.15) is 16.8 Å². The van der Waals surface area contributed by atoms with Crippen molar-refractivity contribution in [3.63, 3.8) is 0 Å². The molecule has 2 amide bonds. The molecule has 4 rings (SSSR count). The molecule has 0 saturated heterocycles. The number of ether oxygens (including phenoxy) is 1. The molecule has 9 nitrogen and oxygen atoms in total. The summed E-state index contributed by atoms with van der Waals surface area (Å²) in [6.07, 6.45) is 10.3. The van der Waals surface area contributed by atoms with E-state index in [9.17, 15) is 9.59 Å². The molecule has 0 spiro atoms. The Hall–Kier alpha value is -4.63. The lowest BCUT2D eigenvalue weighted by Gasteiger charge is -2.33. The molecule has 2 aromatic heterocycles. The highest BCUT2D eigenvalue weighted by Crippen LogP contribution is 2.21. The van der Waals surface area contributed by atoms with Crippen molar-refractivity contribution in [1.29, 1.82) is 0 Å². The molecule has 0 saturated carbocycles. The zero-order valence-corrected chi connectivity index (χ0v) is 23.1. The molecule has 0 radical (unpaired) electrons. The molecule has 0 N–H and O–H groups in total. The van der Waals surface area contributed by atoms with Gasteiger partial charge in [0.2, 0.25) is 11.8 Å². The minimum atomic E-state index is -0.729. The molecule has 9 heteroatoms. The molecular weight excluding hydrogens is 504 g/mol. The monoisotopic (exact) mass is 538 g/mol. The summed E-state index contributed by atoms with van der Waals surface area (Å²) in [5.41, 5.74) is 4.39. The third-order valence-corrected chi connectivity index (χ3v) is 6.55. The number of likely N-dealkylation sites (N-methyl/N-ethyl adjacent to an activating group) is 1. The van der Waals surface area contributed by atoms with Crippen LogP contribution in [-0.4, -0.2) is 74.7 Å². The largest absolute Gasteiger partial charge is 0.383 e. The molecule has 0 aliphatic rings. The number of carbonyl (C=O) groups excluding carboxylic acids is 2. The number of aromatic nitrogens is 4. The molecule has 4 aromatic rings. The summed E-state index contributed by atoms with van der Waals surface area (Å²) >= 11 is 0. The number of hydrogen-bond acceptors (Lipinski definition) is 6. The number of aryl methyl sites for hydroxylation is 1. The molecular formula is C31H34N6O3. The summed E-state index contributed by atoms with van der Waals surface area (Å²) in [7, 11) is 5.16. The highest BCUT2D eigenvalue weighted by atomic mass is 16.5. The lowest BCUT2D eigenvalue weighted by Crippen LogP contribution is -2.51. The first-order valence-electron chi connectivity index (χ1n) is 13.0. The number of carbonyl (C=O) groups is 2. The normalized spacial score (nSPS) is 11.9. The van der Waals surface area contributed by atoms with Crippen molar-refractivity contribution in [3.05, 3.63) is 108 Å². The molecule has 2 heterocycles. The van der Waals surface area contributed by atoms with Crippen molar-refractivity contribution < 1.29 is 14.3 Å². The predicted octanol–water partition coefficient (Wildman–Crippen LogP) is 3.64. The van der Waals surface area contributed by atoms with E-state index < -0.39 is 6.04 Å². The van der Waals surface area contributed by atoms with Crippen LogP contribution in [0.3, 0.4) is 0 Å².